The lowest BCUT2D eigenvalue weighted by molar-refractivity contribution is -0.143. The molecule has 0 unspecified atom stereocenters. The van der Waals surface area contributed by atoms with E-state index in [0.717, 1.165) is 0 Å². The van der Waals surface area contributed by atoms with Gasteiger partial charge in [-0.15, -0.1) is 0 Å². The van der Waals surface area contributed by atoms with Crippen LogP contribution in [0.2, 0.25) is 0 Å². The summed E-state index contributed by atoms with van der Waals surface area (Å²) in [5.74, 6) is -0.156. The lowest BCUT2D eigenvalue weighted by Crippen LogP contribution is -2.07. The van der Waals surface area contributed by atoms with E-state index in [1.54, 1.807) is 13.0 Å². The van der Waals surface area contributed by atoms with Crippen molar-refractivity contribution in [3.05, 3.63) is 28.5 Å². The fraction of sp³-hybridized carbons (Fsp3) is 0.417. The van der Waals surface area contributed by atoms with Gasteiger partial charge < -0.3 is 9.47 Å². The summed E-state index contributed by atoms with van der Waals surface area (Å²) in [4.78, 5) is 11.0. The fourth-order valence-corrected chi connectivity index (χ4v) is 1.58. The number of ether oxygens (including phenoxy) is 2. The number of carbonyl (C=O) groups excluding carboxylic acids is 1. The molecule has 0 aliphatic carbocycles. The summed E-state index contributed by atoms with van der Waals surface area (Å²) in [7, 11) is 0. The van der Waals surface area contributed by atoms with Crippen LogP contribution in [0.5, 0.6) is 5.75 Å². The molecular formula is C12H14BrFO3. The molecule has 0 aromatic heterocycles. The molecule has 0 N–H and O–H groups in total. The van der Waals surface area contributed by atoms with Crippen molar-refractivity contribution in [1.82, 2.24) is 0 Å². The molecule has 1 rings (SSSR count). The molecule has 5 heteroatoms. The Morgan fingerprint density at radius 1 is 1.47 bits per heavy atom. The molecule has 0 aliphatic heterocycles. The van der Waals surface area contributed by atoms with Gasteiger partial charge in [-0.05, 0) is 41.4 Å². The van der Waals surface area contributed by atoms with Gasteiger partial charge in [-0.3, -0.25) is 4.79 Å². The van der Waals surface area contributed by atoms with Gasteiger partial charge in [0.05, 0.1) is 17.7 Å². The second-order valence-corrected chi connectivity index (χ2v) is 4.19. The second-order valence-electron chi connectivity index (χ2n) is 3.33. The summed E-state index contributed by atoms with van der Waals surface area (Å²) >= 11 is 3.25. The maximum absolute atomic E-state index is 12.9. The minimum Gasteiger partial charge on any atom is -0.492 e. The van der Waals surface area contributed by atoms with E-state index < -0.39 is 0 Å². The Morgan fingerprint density at radius 3 is 2.94 bits per heavy atom. The number of carbonyl (C=O) groups is 1. The minimum atomic E-state index is -0.353. The fourth-order valence-electron chi connectivity index (χ4n) is 1.22. The van der Waals surface area contributed by atoms with E-state index in [0.29, 0.717) is 36.3 Å². The van der Waals surface area contributed by atoms with E-state index in [4.69, 9.17) is 9.47 Å². The van der Waals surface area contributed by atoms with Crippen molar-refractivity contribution in [2.45, 2.75) is 19.8 Å². The first kappa shape index (κ1) is 14.0. The third-order valence-electron chi connectivity index (χ3n) is 1.98. The van der Waals surface area contributed by atoms with Crippen LogP contribution in [0.25, 0.3) is 0 Å². The highest BCUT2D eigenvalue weighted by molar-refractivity contribution is 9.10. The smallest absolute Gasteiger partial charge is 0.305 e. The minimum absolute atomic E-state index is 0.241. The standard InChI is InChI=1S/C12H14BrFO3/c1-2-16-12(15)4-3-7-17-11-8-9(14)5-6-10(11)13/h5-6,8H,2-4,7H2,1H3. The van der Waals surface area contributed by atoms with E-state index in [2.05, 4.69) is 15.9 Å². The summed E-state index contributed by atoms with van der Waals surface area (Å²) in [5.41, 5.74) is 0. The molecule has 1 aromatic rings. The van der Waals surface area contributed by atoms with Gasteiger partial charge in [0.2, 0.25) is 0 Å². The van der Waals surface area contributed by atoms with Crippen LogP contribution in [0, 0.1) is 5.82 Å². The zero-order valence-corrected chi connectivity index (χ0v) is 11.1. The maximum atomic E-state index is 12.9. The molecule has 0 spiro atoms. The quantitative estimate of drug-likeness (QED) is 0.597. The van der Waals surface area contributed by atoms with Crippen molar-refractivity contribution in [3.8, 4) is 5.75 Å². The average Bonchev–Trinajstić information content (AvgIpc) is 2.29. The third-order valence-corrected chi connectivity index (χ3v) is 2.64. The van der Waals surface area contributed by atoms with Crippen LogP contribution in [0.15, 0.2) is 22.7 Å². The molecule has 0 radical (unpaired) electrons. The molecule has 0 atom stereocenters. The molecule has 0 aliphatic rings. The van der Waals surface area contributed by atoms with Crippen LogP contribution in [0.3, 0.4) is 0 Å². The number of esters is 1. The van der Waals surface area contributed by atoms with Gasteiger partial charge in [-0.25, -0.2) is 4.39 Å². The van der Waals surface area contributed by atoms with Crippen LogP contribution in [-0.2, 0) is 9.53 Å². The lowest BCUT2D eigenvalue weighted by Gasteiger charge is -2.07. The van der Waals surface area contributed by atoms with Crippen molar-refractivity contribution in [2.24, 2.45) is 0 Å². The molecule has 0 amide bonds. The summed E-state index contributed by atoms with van der Waals surface area (Å²) in [6, 6.07) is 4.22. The number of hydrogen-bond acceptors (Lipinski definition) is 3. The summed E-state index contributed by atoms with van der Waals surface area (Å²) in [6.07, 6.45) is 0.850. The zero-order valence-electron chi connectivity index (χ0n) is 9.54. The molecule has 0 fully saturated rings. The highest BCUT2D eigenvalue weighted by Crippen LogP contribution is 2.25. The first-order chi connectivity index (χ1) is 8.13. The molecule has 0 heterocycles. The van der Waals surface area contributed by atoms with Gasteiger partial charge in [0.25, 0.3) is 0 Å². The SMILES string of the molecule is CCOC(=O)CCCOc1cc(F)ccc1Br. The molecule has 17 heavy (non-hydrogen) atoms. The van der Waals surface area contributed by atoms with Crippen LogP contribution in [-0.4, -0.2) is 19.2 Å². The van der Waals surface area contributed by atoms with E-state index in [-0.39, 0.29) is 11.8 Å². The second kappa shape index (κ2) is 7.27. The van der Waals surface area contributed by atoms with Crippen molar-refractivity contribution in [2.75, 3.05) is 13.2 Å². The third kappa shape index (κ3) is 5.17. The van der Waals surface area contributed by atoms with Crippen molar-refractivity contribution < 1.29 is 18.7 Å². The predicted molar refractivity (Wildman–Crippen MR) is 65.5 cm³/mol. The van der Waals surface area contributed by atoms with Crippen LogP contribution < -0.4 is 4.74 Å². The van der Waals surface area contributed by atoms with Gasteiger partial charge in [-0.2, -0.15) is 0 Å². The lowest BCUT2D eigenvalue weighted by atomic mass is 10.3. The number of hydrogen-bond donors (Lipinski definition) is 0. The van der Waals surface area contributed by atoms with Crippen LogP contribution >= 0.6 is 15.9 Å². The topological polar surface area (TPSA) is 35.5 Å². The van der Waals surface area contributed by atoms with Gasteiger partial charge in [0, 0.05) is 12.5 Å². The Kier molecular flexibility index (Phi) is 5.97. The molecule has 3 nitrogen and oxygen atoms in total. The molecule has 94 valence electrons. The molecule has 0 saturated carbocycles. The van der Waals surface area contributed by atoms with Gasteiger partial charge in [0.15, 0.2) is 0 Å². The molecule has 1 aromatic carbocycles. The summed E-state index contributed by atoms with van der Waals surface area (Å²) < 4.78 is 23.7. The van der Waals surface area contributed by atoms with E-state index in [9.17, 15) is 9.18 Å². The van der Waals surface area contributed by atoms with Crippen molar-refractivity contribution >= 4 is 21.9 Å². The highest BCUT2D eigenvalue weighted by atomic mass is 79.9. The summed E-state index contributed by atoms with van der Waals surface area (Å²) in [6.45, 7) is 2.49. The Hall–Kier alpha value is -1.10. The van der Waals surface area contributed by atoms with Crippen LogP contribution in [0.4, 0.5) is 4.39 Å². The normalized spacial score (nSPS) is 10.1. The molecule has 0 bridgehead atoms. The van der Waals surface area contributed by atoms with E-state index in [1.165, 1.54) is 12.1 Å². The summed E-state index contributed by atoms with van der Waals surface area (Å²) in [5, 5.41) is 0. The van der Waals surface area contributed by atoms with E-state index in [1.807, 2.05) is 0 Å². The zero-order chi connectivity index (χ0) is 12.7. The van der Waals surface area contributed by atoms with Gasteiger partial charge in [-0.1, -0.05) is 0 Å². The Labute approximate surface area is 108 Å². The van der Waals surface area contributed by atoms with Crippen LogP contribution in [0.1, 0.15) is 19.8 Å². The Morgan fingerprint density at radius 2 is 2.24 bits per heavy atom. The first-order valence-electron chi connectivity index (χ1n) is 5.37. The van der Waals surface area contributed by atoms with E-state index >= 15 is 0 Å². The largest absolute Gasteiger partial charge is 0.492 e. The van der Waals surface area contributed by atoms with Gasteiger partial charge in [0.1, 0.15) is 11.6 Å². The number of benzene rings is 1. The van der Waals surface area contributed by atoms with Gasteiger partial charge >= 0.3 is 5.97 Å². The Balaban J connectivity index is 2.31. The predicted octanol–water partition coefficient (Wildman–Crippen LogP) is 3.31. The number of halogens is 2. The number of rotatable bonds is 6. The highest BCUT2D eigenvalue weighted by Gasteiger charge is 2.04. The molecule has 0 saturated heterocycles. The molecular weight excluding hydrogens is 291 g/mol. The first-order valence-corrected chi connectivity index (χ1v) is 6.16. The monoisotopic (exact) mass is 304 g/mol. The van der Waals surface area contributed by atoms with Crippen molar-refractivity contribution in [1.29, 1.82) is 0 Å². The maximum Gasteiger partial charge on any atom is 0.305 e. The average molecular weight is 305 g/mol. The van der Waals surface area contributed by atoms with Crippen molar-refractivity contribution in [3.63, 3.8) is 0 Å². The Bertz CT molecular complexity index is 382.